The van der Waals surface area contributed by atoms with Gasteiger partial charge in [0.2, 0.25) is 0 Å². The van der Waals surface area contributed by atoms with Crippen molar-refractivity contribution in [3.8, 4) is 22.8 Å². The molecule has 2 aliphatic carbocycles. The van der Waals surface area contributed by atoms with E-state index in [1.807, 2.05) is 0 Å². The van der Waals surface area contributed by atoms with Gasteiger partial charge in [-0.05, 0) is 81.9 Å². The summed E-state index contributed by atoms with van der Waals surface area (Å²) in [5.74, 6) is -0.655. The number of hydrogen-bond acceptors (Lipinski definition) is 7. The van der Waals surface area contributed by atoms with Crippen molar-refractivity contribution in [1.82, 2.24) is 39.0 Å². The van der Waals surface area contributed by atoms with Gasteiger partial charge in [-0.3, -0.25) is 28.7 Å². The highest BCUT2D eigenvalue weighted by atomic mass is 16.4. The van der Waals surface area contributed by atoms with Crippen molar-refractivity contribution in [2.45, 2.75) is 77.3 Å². The fraction of sp³-hybridized carbons (Fsp3) is 0.343. The number of H-pyrrole nitrogens is 4. The number of carbonyl (C=O) groups is 1. The molecule has 0 fully saturated rings. The summed E-state index contributed by atoms with van der Waals surface area (Å²) in [6.07, 6.45) is 16.4. The summed E-state index contributed by atoms with van der Waals surface area (Å²) < 4.78 is 2.34. The van der Waals surface area contributed by atoms with Gasteiger partial charge in [0.15, 0.2) is 11.3 Å². The Bertz CT molecular complexity index is 2430. The van der Waals surface area contributed by atoms with Gasteiger partial charge in [-0.15, -0.1) is 0 Å². The lowest BCUT2D eigenvalue weighted by molar-refractivity contribution is -0.131. The molecule has 49 heavy (non-hydrogen) atoms. The smallest absolute Gasteiger partial charge is 0.330 e. The molecule has 0 saturated heterocycles. The molecule has 0 amide bonds. The Kier molecular flexibility index (Phi) is 8.68. The second kappa shape index (κ2) is 13.4. The summed E-state index contributed by atoms with van der Waals surface area (Å²) in [4.78, 5) is 84.5. The molecule has 5 aromatic rings. The molecule has 4 aromatic heterocycles. The van der Waals surface area contributed by atoms with Gasteiger partial charge >= 0.3 is 17.3 Å². The Hall–Kier alpha value is -5.79. The van der Waals surface area contributed by atoms with Crippen LogP contribution < -0.4 is 22.5 Å². The molecule has 14 nitrogen and oxygen atoms in total. The fourth-order valence-electron chi connectivity index (χ4n) is 6.69. The third-order valence-electron chi connectivity index (χ3n) is 9.34. The Morgan fingerprint density at radius 2 is 1.31 bits per heavy atom. The summed E-state index contributed by atoms with van der Waals surface area (Å²) >= 11 is 0. The van der Waals surface area contributed by atoms with E-state index in [2.05, 4.69) is 42.1 Å². The van der Waals surface area contributed by atoms with Crippen LogP contribution in [0.25, 0.3) is 51.2 Å². The van der Waals surface area contributed by atoms with Crippen molar-refractivity contribution in [1.29, 1.82) is 0 Å². The van der Waals surface area contributed by atoms with Crippen molar-refractivity contribution in [3.05, 3.63) is 94.8 Å². The van der Waals surface area contributed by atoms with E-state index >= 15 is 0 Å². The molecule has 5 N–H and O–H groups in total. The minimum atomic E-state index is -1.16. The highest BCUT2D eigenvalue weighted by Gasteiger charge is 2.19. The molecule has 0 unspecified atom stereocenters. The van der Waals surface area contributed by atoms with Crippen LogP contribution in [0, 0.1) is 0 Å². The lowest BCUT2D eigenvalue weighted by Gasteiger charge is -2.12. The topological polar surface area (TPSA) is 204 Å². The van der Waals surface area contributed by atoms with E-state index in [-0.39, 0.29) is 47.1 Å². The summed E-state index contributed by atoms with van der Waals surface area (Å²) in [5, 5.41) is 9.31. The monoisotopic (exact) mass is 664 g/mol. The number of nitrogens with zero attached hydrogens (tertiary/aromatic N) is 4. The first-order valence-electron chi connectivity index (χ1n) is 16.6. The SMILES string of the molecule is O=C(O)C=Cc1ccc(-c2nc3[nH]c(=O)n(CCC4=CCCCC4)c(=O)c3[nH]2)cc1-c1nc2[nH]c(=O)n(CCC3=CCCCC3)c(=O)c2[nH]1. The molecular formula is C35H36N8O6. The van der Waals surface area contributed by atoms with Crippen molar-refractivity contribution in [2.24, 2.45) is 0 Å². The van der Waals surface area contributed by atoms with Crippen LogP contribution in [0.5, 0.6) is 0 Å². The minimum Gasteiger partial charge on any atom is -0.478 e. The second-order valence-electron chi connectivity index (χ2n) is 12.6. The highest BCUT2D eigenvalue weighted by Crippen LogP contribution is 2.29. The van der Waals surface area contributed by atoms with E-state index in [9.17, 15) is 29.1 Å². The van der Waals surface area contributed by atoms with Gasteiger partial charge in [-0.1, -0.05) is 35.4 Å². The van der Waals surface area contributed by atoms with E-state index in [0.29, 0.717) is 29.5 Å². The lowest BCUT2D eigenvalue weighted by atomic mass is 9.97. The number of hydrogen-bond donors (Lipinski definition) is 5. The maximum atomic E-state index is 13.5. The van der Waals surface area contributed by atoms with E-state index in [4.69, 9.17) is 0 Å². The van der Waals surface area contributed by atoms with Crippen molar-refractivity contribution in [3.63, 3.8) is 0 Å². The number of aromatic amines is 4. The van der Waals surface area contributed by atoms with Crippen LogP contribution >= 0.6 is 0 Å². The molecule has 4 heterocycles. The average molecular weight is 665 g/mol. The van der Waals surface area contributed by atoms with Crippen LogP contribution in [0.15, 0.2) is 66.8 Å². The Morgan fingerprint density at radius 1 is 0.755 bits per heavy atom. The van der Waals surface area contributed by atoms with Gasteiger partial charge in [0.1, 0.15) is 22.7 Å². The third-order valence-corrected chi connectivity index (χ3v) is 9.34. The zero-order valence-corrected chi connectivity index (χ0v) is 26.8. The molecule has 2 aliphatic rings. The molecule has 1 aromatic carbocycles. The molecule has 0 radical (unpaired) electrons. The first kappa shape index (κ1) is 31.8. The van der Waals surface area contributed by atoms with Gasteiger partial charge in [0.25, 0.3) is 11.1 Å². The number of nitrogens with one attached hydrogen (secondary N) is 4. The van der Waals surface area contributed by atoms with E-state index < -0.39 is 28.5 Å². The van der Waals surface area contributed by atoms with Gasteiger partial charge in [-0.25, -0.2) is 24.4 Å². The zero-order chi connectivity index (χ0) is 34.1. The van der Waals surface area contributed by atoms with Gasteiger partial charge in [0.05, 0.1) is 0 Å². The van der Waals surface area contributed by atoms with Crippen LogP contribution in [-0.2, 0) is 17.9 Å². The molecular weight excluding hydrogens is 628 g/mol. The summed E-state index contributed by atoms with van der Waals surface area (Å²) in [7, 11) is 0. The average Bonchev–Trinajstić information content (AvgIpc) is 3.73. The minimum absolute atomic E-state index is 0.0718. The number of allylic oxidation sites excluding steroid dienone is 4. The van der Waals surface area contributed by atoms with Crippen LogP contribution in [0.2, 0.25) is 0 Å². The number of rotatable bonds is 10. The molecule has 7 rings (SSSR count). The predicted octanol–water partition coefficient (Wildman–Crippen LogP) is 4.35. The maximum absolute atomic E-state index is 13.5. The zero-order valence-electron chi connectivity index (χ0n) is 26.8. The highest BCUT2D eigenvalue weighted by molar-refractivity contribution is 5.89. The summed E-state index contributed by atoms with van der Waals surface area (Å²) in [5.41, 5.74) is 2.21. The standard InChI is InChI=1S/C35H36N8O6/c44-25(45)14-13-22-11-12-23(28-36-26-30(38-28)40-34(48)42(32(26)46)17-15-20-7-3-1-4-8-20)19-24(22)29-37-27-31(39-29)41-35(49)43(33(27)47)18-16-21-9-5-2-6-10-21/h7,9,11-14,19H,1-6,8,10,15-18H2,(H,36,38)(H,37,39)(H,40,48)(H,41,49)(H,44,45). The lowest BCUT2D eigenvalue weighted by Crippen LogP contribution is -2.35. The quantitative estimate of drug-likeness (QED) is 0.107. The first-order valence-corrected chi connectivity index (χ1v) is 16.6. The van der Waals surface area contributed by atoms with Crippen molar-refractivity contribution >= 4 is 34.4 Å². The molecule has 0 bridgehead atoms. The number of aliphatic carboxylic acids is 1. The van der Waals surface area contributed by atoms with E-state index in [1.165, 1.54) is 21.8 Å². The normalized spacial score (nSPS) is 15.3. The Balaban J connectivity index is 1.26. The van der Waals surface area contributed by atoms with Crippen LogP contribution in [-0.4, -0.2) is 50.1 Å². The third kappa shape index (κ3) is 6.53. The molecule has 14 heteroatoms. The van der Waals surface area contributed by atoms with Gasteiger partial charge < -0.3 is 15.1 Å². The van der Waals surface area contributed by atoms with Crippen molar-refractivity contribution < 1.29 is 9.90 Å². The van der Waals surface area contributed by atoms with Crippen LogP contribution in [0.4, 0.5) is 0 Å². The maximum Gasteiger partial charge on any atom is 0.330 e. The Morgan fingerprint density at radius 3 is 1.84 bits per heavy atom. The van der Waals surface area contributed by atoms with Gasteiger partial charge in [-0.2, -0.15) is 0 Å². The van der Waals surface area contributed by atoms with E-state index in [0.717, 1.165) is 62.0 Å². The molecule has 0 spiro atoms. The predicted molar refractivity (Wildman–Crippen MR) is 185 cm³/mol. The van der Waals surface area contributed by atoms with Crippen LogP contribution in [0.1, 0.15) is 69.8 Å². The van der Waals surface area contributed by atoms with E-state index in [1.54, 1.807) is 18.2 Å². The molecule has 0 saturated carbocycles. The fourth-order valence-corrected chi connectivity index (χ4v) is 6.69. The number of fused-ring (bicyclic) bond motifs is 2. The number of carboxylic acid groups (broad SMARTS) is 1. The first-order chi connectivity index (χ1) is 23.7. The second-order valence-corrected chi connectivity index (χ2v) is 12.6. The largest absolute Gasteiger partial charge is 0.478 e. The molecule has 0 atom stereocenters. The summed E-state index contributed by atoms with van der Waals surface area (Å²) in [6.45, 7) is 0.493. The number of benzene rings is 1. The van der Waals surface area contributed by atoms with Crippen molar-refractivity contribution in [2.75, 3.05) is 0 Å². The summed E-state index contributed by atoms with van der Waals surface area (Å²) in [6, 6.07) is 5.02. The van der Waals surface area contributed by atoms with Crippen LogP contribution in [0.3, 0.4) is 0 Å². The molecule has 0 aliphatic heterocycles. The molecule has 252 valence electrons. The number of aromatic nitrogens is 8. The number of imidazole rings is 2. The van der Waals surface area contributed by atoms with Gasteiger partial charge in [0, 0.05) is 30.3 Å². The number of carboxylic acids is 1. The Labute approximate surface area is 278 Å².